The monoisotopic (exact) mass is 777 g/mol. The van der Waals surface area contributed by atoms with Crippen LogP contribution in [0.3, 0.4) is 0 Å². The average Bonchev–Trinajstić information content (AvgIpc) is 3.74. The van der Waals surface area contributed by atoms with E-state index in [4.69, 9.17) is 0 Å². The molecule has 0 aliphatic carbocycles. The highest BCUT2D eigenvalue weighted by atomic mass is 79.9. The van der Waals surface area contributed by atoms with Crippen molar-refractivity contribution in [3.63, 3.8) is 0 Å². The highest BCUT2D eigenvalue weighted by Gasteiger charge is 2.22. The Morgan fingerprint density at radius 3 is 1.76 bits per heavy atom. The van der Waals surface area contributed by atoms with E-state index in [2.05, 4.69) is 226 Å². The van der Waals surface area contributed by atoms with Gasteiger partial charge in [-0.05, 0) is 104 Å². The number of para-hydroxylation sites is 3. The number of allylic oxidation sites excluding steroid dienone is 1. The summed E-state index contributed by atoms with van der Waals surface area (Å²) in [5.74, 6) is 0. The molecule has 0 atom stereocenters. The minimum Gasteiger partial charge on any atom is -0.310 e. The van der Waals surface area contributed by atoms with Gasteiger partial charge in [-0.2, -0.15) is 0 Å². The van der Waals surface area contributed by atoms with Crippen molar-refractivity contribution in [2.45, 2.75) is 6.92 Å². The van der Waals surface area contributed by atoms with Gasteiger partial charge in [-0.25, -0.2) is 0 Å². The molecule has 2 heterocycles. The predicted octanol–water partition coefficient (Wildman–Crippen LogP) is 15.4. The Labute approximate surface area is 328 Å². The minimum atomic E-state index is 0.983. The third-order valence-electron chi connectivity index (χ3n) is 9.86. The summed E-state index contributed by atoms with van der Waals surface area (Å²) in [4.78, 5) is 4.70. The van der Waals surface area contributed by atoms with Gasteiger partial charge in [0, 0.05) is 75.4 Å². The maximum absolute atomic E-state index is 4.25. The molecule has 2 aromatic heterocycles. The molecule has 0 radical (unpaired) electrons. The number of fused-ring (bicyclic) bond motifs is 4. The van der Waals surface area contributed by atoms with Gasteiger partial charge in [-0.1, -0.05) is 114 Å². The number of halogens is 1. The molecule has 0 aliphatic heterocycles. The molecule has 3 nitrogen and oxygen atoms in total. The summed E-state index contributed by atoms with van der Waals surface area (Å²) in [6.45, 7) is 6.31. The molecule has 0 saturated heterocycles. The second-order valence-electron chi connectivity index (χ2n) is 13.2. The van der Waals surface area contributed by atoms with E-state index in [1.165, 1.54) is 25.6 Å². The van der Waals surface area contributed by atoms with Crippen LogP contribution in [0.5, 0.6) is 0 Å². The Bertz CT molecular complexity index is 2820. The molecule has 7 aromatic carbocycles. The van der Waals surface area contributed by atoms with E-state index in [9.17, 15) is 0 Å². The number of hydrogen-bond donors (Lipinski definition) is 0. The molecule has 0 saturated carbocycles. The van der Waals surface area contributed by atoms with Gasteiger partial charge in [0.05, 0.1) is 11.2 Å². The Morgan fingerprint density at radius 1 is 0.537 bits per heavy atom. The summed E-state index contributed by atoms with van der Waals surface area (Å²) in [5.41, 5.74) is 10.8. The Kier molecular flexibility index (Phi) is 8.95. The normalized spacial score (nSPS) is 11.5. The molecule has 0 unspecified atom stereocenters. The highest BCUT2D eigenvalue weighted by molar-refractivity contribution is 9.10. The molecule has 0 N–H and O–H groups in total. The van der Waals surface area contributed by atoms with Crippen molar-refractivity contribution < 1.29 is 0 Å². The summed E-state index contributed by atoms with van der Waals surface area (Å²) in [7, 11) is 0. The predicted molar refractivity (Wildman–Crippen MR) is 238 cm³/mol. The zero-order valence-corrected chi connectivity index (χ0v) is 32.1. The van der Waals surface area contributed by atoms with Gasteiger partial charge in [0.15, 0.2) is 0 Å². The quantitative estimate of drug-likeness (QED) is 0.145. The molecule has 0 amide bonds. The van der Waals surface area contributed by atoms with Crippen LogP contribution in [0.1, 0.15) is 18.2 Å². The van der Waals surface area contributed by atoms with Crippen LogP contribution in [-0.2, 0) is 0 Å². The van der Waals surface area contributed by atoms with E-state index in [-0.39, 0.29) is 0 Å². The number of aromatic nitrogens is 1. The molecule has 54 heavy (non-hydrogen) atoms. The van der Waals surface area contributed by atoms with E-state index in [0.29, 0.717) is 0 Å². The average molecular weight is 779 g/mol. The second kappa shape index (κ2) is 14.4. The van der Waals surface area contributed by atoms with Crippen LogP contribution < -0.4 is 9.80 Å². The first kappa shape index (κ1) is 33.7. The summed E-state index contributed by atoms with van der Waals surface area (Å²) in [6, 6.07) is 60.8. The van der Waals surface area contributed by atoms with Gasteiger partial charge < -0.3 is 14.4 Å². The fraction of sp³-hybridized carbons (Fsp3) is 0.0204. The first-order chi connectivity index (χ1) is 26.6. The minimum absolute atomic E-state index is 0.983. The number of thiophene rings is 1. The third kappa shape index (κ3) is 6.02. The lowest BCUT2D eigenvalue weighted by Gasteiger charge is -2.30. The van der Waals surface area contributed by atoms with Crippen LogP contribution in [-0.4, -0.2) is 4.57 Å². The molecule has 5 heteroatoms. The Balaban J connectivity index is 1.26. The van der Waals surface area contributed by atoms with Gasteiger partial charge in [-0.15, -0.1) is 11.3 Å². The molecule has 9 aromatic rings. The van der Waals surface area contributed by atoms with E-state index in [1.54, 1.807) is 0 Å². The van der Waals surface area contributed by atoms with Crippen LogP contribution >= 0.6 is 27.3 Å². The molecular formula is C49H36BrN3S. The molecular weight excluding hydrogens is 743 g/mol. The summed E-state index contributed by atoms with van der Waals surface area (Å²) in [6.07, 6.45) is 6.25. The number of rotatable bonds is 9. The van der Waals surface area contributed by atoms with Gasteiger partial charge in [0.2, 0.25) is 0 Å². The number of anilines is 6. The Hall–Kier alpha value is -6.14. The van der Waals surface area contributed by atoms with Gasteiger partial charge in [0.25, 0.3) is 0 Å². The lowest BCUT2D eigenvalue weighted by molar-refractivity contribution is 1.10. The van der Waals surface area contributed by atoms with Gasteiger partial charge in [-0.3, -0.25) is 0 Å². The first-order valence-corrected chi connectivity index (χ1v) is 19.6. The maximum atomic E-state index is 4.25. The van der Waals surface area contributed by atoms with E-state index in [0.717, 1.165) is 61.1 Å². The number of benzene rings is 7. The van der Waals surface area contributed by atoms with Crippen molar-refractivity contribution in [1.29, 1.82) is 0 Å². The molecule has 0 bridgehead atoms. The van der Waals surface area contributed by atoms with Crippen LogP contribution in [0.2, 0.25) is 0 Å². The fourth-order valence-electron chi connectivity index (χ4n) is 7.58. The van der Waals surface area contributed by atoms with Crippen LogP contribution in [0, 0.1) is 0 Å². The summed E-state index contributed by atoms with van der Waals surface area (Å²) in [5, 5.41) is 3.72. The molecule has 0 spiro atoms. The van der Waals surface area contributed by atoms with Crippen molar-refractivity contribution in [2.24, 2.45) is 0 Å². The van der Waals surface area contributed by atoms with Crippen molar-refractivity contribution in [3.8, 4) is 5.69 Å². The highest BCUT2D eigenvalue weighted by Crippen LogP contribution is 2.45. The van der Waals surface area contributed by atoms with Gasteiger partial charge in [0.1, 0.15) is 0 Å². The lowest BCUT2D eigenvalue weighted by Crippen LogP contribution is -2.13. The maximum Gasteiger partial charge on any atom is 0.0561 e. The van der Waals surface area contributed by atoms with Crippen LogP contribution in [0.15, 0.2) is 187 Å². The van der Waals surface area contributed by atoms with Gasteiger partial charge >= 0.3 is 0 Å². The topological polar surface area (TPSA) is 11.4 Å². The van der Waals surface area contributed by atoms with Crippen LogP contribution in [0.25, 0.3) is 48.9 Å². The van der Waals surface area contributed by atoms with Crippen molar-refractivity contribution in [3.05, 3.63) is 198 Å². The third-order valence-corrected chi connectivity index (χ3v) is 11.5. The zero-order valence-electron chi connectivity index (χ0n) is 29.7. The van der Waals surface area contributed by atoms with E-state index < -0.39 is 0 Å². The zero-order chi connectivity index (χ0) is 36.6. The summed E-state index contributed by atoms with van der Waals surface area (Å²) >= 11 is 5.79. The molecule has 0 aliphatic rings. The SMILES string of the molecule is C=Cc1c(/C=C\C)c2ccc(N(c3ccccc3)c3cc(Br)cc(N(c4ccccc4)c4ccc5sc6ccccc6c5c4)c3)cc2n1-c1ccccc1. The standard InChI is InChI=1S/C49H36BrN3S/c1-3-16-42-43-27-25-39(33-47(43)53(46(42)4-2)37-21-12-7-13-22-37)52(36-19-10-6-11-20-36)41-30-34(50)29-40(31-41)51(35-17-8-5-9-18-35)38-26-28-49-45(32-38)44-23-14-15-24-48(44)54-49/h3-33H,2H2,1H3/b16-3-. The molecule has 0 fully saturated rings. The number of hydrogen-bond acceptors (Lipinski definition) is 3. The van der Waals surface area contributed by atoms with Crippen molar-refractivity contribution in [1.82, 2.24) is 4.57 Å². The second-order valence-corrected chi connectivity index (χ2v) is 15.2. The van der Waals surface area contributed by atoms with Crippen LogP contribution in [0.4, 0.5) is 34.1 Å². The summed E-state index contributed by atoms with van der Waals surface area (Å²) < 4.78 is 5.88. The molecule has 260 valence electrons. The molecule has 9 rings (SSSR count). The number of nitrogens with zero attached hydrogens (tertiary/aromatic N) is 3. The lowest BCUT2D eigenvalue weighted by atomic mass is 10.1. The fourth-order valence-corrected chi connectivity index (χ4v) is 9.13. The Morgan fingerprint density at radius 2 is 1.11 bits per heavy atom. The van der Waals surface area contributed by atoms with Crippen molar-refractivity contribution in [2.75, 3.05) is 9.80 Å². The smallest absolute Gasteiger partial charge is 0.0561 e. The largest absolute Gasteiger partial charge is 0.310 e. The van der Waals surface area contributed by atoms with E-state index >= 15 is 0 Å². The van der Waals surface area contributed by atoms with E-state index in [1.807, 2.05) is 17.4 Å². The first-order valence-electron chi connectivity index (χ1n) is 18.0. The van der Waals surface area contributed by atoms with Crippen molar-refractivity contribution >= 4 is 105 Å².